The molecule has 0 aliphatic carbocycles. The molecule has 0 bridgehead atoms. The second kappa shape index (κ2) is 11.9. The summed E-state index contributed by atoms with van der Waals surface area (Å²) in [5.74, 6) is -1.02. The van der Waals surface area contributed by atoms with Crippen LogP contribution in [0.2, 0.25) is 0 Å². The van der Waals surface area contributed by atoms with Gasteiger partial charge >= 0.3 is 0 Å². The molecule has 0 spiro atoms. The van der Waals surface area contributed by atoms with Gasteiger partial charge in [0, 0.05) is 24.4 Å². The fourth-order valence-electron chi connectivity index (χ4n) is 5.50. The van der Waals surface area contributed by atoms with E-state index in [0.29, 0.717) is 18.1 Å². The number of β-lactam (4-membered cyclic amide) rings is 1. The van der Waals surface area contributed by atoms with E-state index in [2.05, 4.69) is 6.92 Å². The van der Waals surface area contributed by atoms with Crippen LogP contribution in [0.4, 0.5) is 5.69 Å². The van der Waals surface area contributed by atoms with Crippen molar-refractivity contribution in [2.75, 3.05) is 25.7 Å². The molecule has 5 atom stereocenters. The van der Waals surface area contributed by atoms with Gasteiger partial charge in [-0.05, 0) is 50.1 Å². The standard InChI is InChI=1S/C33H38N2O6/c1-6-7-20-39-27-21-25(38-5)18-19-26(27)28-30(31(36)35(28)24-16-12-9-13-17-24)41-33(3)32(37)34(4)22(2)29(40-33)23-14-10-8-11-15-23/h8-19,21-22,28-30H,6-7,20H2,1-5H3/t22-,28+,29-,30-,33+/m0/s1. The number of carbonyl (C=O) groups excluding carboxylic acids is 2. The van der Waals surface area contributed by atoms with Crippen LogP contribution in [0.15, 0.2) is 78.9 Å². The molecule has 216 valence electrons. The van der Waals surface area contributed by atoms with E-state index in [1.165, 1.54) is 0 Å². The smallest absolute Gasteiger partial charge is 0.282 e. The van der Waals surface area contributed by atoms with Crippen molar-refractivity contribution in [2.45, 2.75) is 63.7 Å². The number of nitrogens with zero attached hydrogens (tertiary/aromatic N) is 2. The van der Waals surface area contributed by atoms with E-state index in [4.69, 9.17) is 18.9 Å². The van der Waals surface area contributed by atoms with Crippen LogP contribution < -0.4 is 14.4 Å². The van der Waals surface area contributed by atoms with E-state index in [1.54, 1.807) is 30.9 Å². The van der Waals surface area contributed by atoms with Crippen molar-refractivity contribution >= 4 is 17.5 Å². The number of methoxy groups -OCH3 is 1. The first-order valence-corrected chi connectivity index (χ1v) is 14.2. The van der Waals surface area contributed by atoms with Crippen LogP contribution >= 0.6 is 0 Å². The van der Waals surface area contributed by atoms with E-state index in [1.807, 2.05) is 85.8 Å². The van der Waals surface area contributed by atoms with Gasteiger partial charge in [-0.25, -0.2) is 0 Å². The van der Waals surface area contributed by atoms with E-state index in [9.17, 15) is 9.59 Å². The van der Waals surface area contributed by atoms with Crippen molar-refractivity contribution in [3.05, 3.63) is 90.0 Å². The summed E-state index contributed by atoms with van der Waals surface area (Å²) in [6.07, 6.45) is 0.449. The largest absolute Gasteiger partial charge is 0.497 e. The number of benzene rings is 3. The van der Waals surface area contributed by atoms with Gasteiger partial charge in [0.1, 0.15) is 23.6 Å². The van der Waals surface area contributed by atoms with Gasteiger partial charge in [-0.3, -0.25) is 14.5 Å². The minimum atomic E-state index is -1.68. The van der Waals surface area contributed by atoms with E-state index < -0.39 is 24.0 Å². The third-order valence-corrected chi connectivity index (χ3v) is 7.96. The zero-order chi connectivity index (χ0) is 29.1. The summed E-state index contributed by atoms with van der Waals surface area (Å²) in [6, 6.07) is 24.0. The maximum atomic E-state index is 13.8. The Labute approximate surface area is 241 Å². The monoisotopic (exact) mass is 558 g/mol. The van der Waals surface area contributed by atoms with Crippen LogP contribution in [-0.2, 0) is 19.1 Å². The molecule has 0 unspecified atom stereocenters. The van der Waals surface area contributed by atoms with Crippen molar-refractivity contribution in [1.82, 2.24) is 4.90 Å². The van der Waals surface area contributed by atoms with Gasteiger partial charge < -0.3 is 23.8 Å². The molecule has 8 heteroatoms. The van der Waals surface area contributed by atoms with Gasteiger partial charge in [-0.1, -0.05) is 61.9 Å². The first-order chi connectivity index (χ1) is 19.8. The summed E-state index contributed by atoms with van der Waals surface area (Å²) in [5, 5.41) is 0. The number of morpholine rings is 1. The number of ether oxygens (including phenoxy) is 4. The normalized spacial score (nSPS) is 26.1. The van der Waals surface area contributed by atoms with Crippen LogP contribution in [0.5, 0.6) is 11.5 Å². The maximum absolute atomic E-state index is 13.8. The molecule has 0 aromatic heterocycles. The highest BCUT2D eigenvalue weighted by Gasteiger charge is 2.58. The number of para-hydroxylation sites is 1. The minimum absolute atomic E-state index is 0.226. The topological polar surface area (TPSA) is 77.5 Å². The number of hydrogen-bond acceptors (Lipinski definition) is 6. The Morgan fingerprint density at radius 3 is 2.32 bits per heavy atom. The van der Waals surface area contributed by atoms with Crippen LogP contribution in [0.3, 0.4) is 0 Å². The highest BCUT2D eigenvalue weighted by Crippen LogP contribution is 2.48. The fourth-order valence-corrected chi connectivity index (χ4v) is 5.50. The molecule has 2 fully saturated rings. The zero-order valence-electron chi connectivity index (χ0n) is 24.3. The van der Waals surface area contributed by atoms with Crippen molar-refractivity contribution in [2.24, 2.45) is 0 Å². The Balaban J connectivity index is 1.52. The highest BCUT2D eigenvalue weighted by atomic mass is 16.7. The molecule has 0 saturated carbocycles. The van der Waals surface area contributed by atoms with E-state index in [-0.39, 0.29) is 17.9 Å². The Kier molecular flexibility index (Phi) is 8.33. The average molecular weight is 559 g/mol. The number of likely N-dealkylation sites (N-methyl/N-ethyl adjacent to an activating group) is 1. The third kappa shape index (κ3) is 5.42. The van der Waals surface area contributed by atoms with Crippen LogP contribution in [0, 0.1) is 0 Å². The van der Waals surface area contributed by atoms with Gasteiger partial charge in [-0.2, -0.15) is 0 Å². The molecule has 3 aromatic carbocycles. The Hall–Kier alpha value is -3.88. The molecule has 41 heavy (non-hydrogen) atoms. The first-order valence-electron chi connectivity index (χ1n) is 14.2. The zero-order valence-corrected chi connectivity index (χ0v) is 24.3. The van der Waals surface area contributed by atoms with Gasteiger partial charge in [0.25, 0.3) is 11.8 Å². The van der Waals surface area contributed by atoms with Crippen molar-refractivity contribution in [3.63, 3.8) is 0 Å². The summed E-state index contributed by atoms with van der Waals surface area (Å²) >= 11 is 0. The summed E-state index contributed by atoms with van der Waals surface area (Å²) in [7, 11) is 3.35. The van der Waals surface area contributed by atoms with E-state index in [0.717, 1.165) is 29.7 Å². The van der Waals surface area contributed by atoms with Gasteiger partial charge in [0.05, 0.1) is 19.8 Å². The summed E-state index contributed by atoms with van der Waals surface area (Å²) in [4.78, 5) is 30.8. The van der Waals surface area contributed by atoms with Gasteiger partial charge in [0.2, 0.25) is 5.79 Å². The molecule has 2 aliphatic heterocycles. The molecular formula is C33H38N2O6. The van der Waals surface area contributed by atoms with Crippen molar-refractivity contribution in [3.8, 4) is 11.5 Å². The summed E-state index contributed by atoms with van der Waals surface area (Å²) < 4.78 is 24.6. The predicted molar refractivity (Wildman–Crippen MR) is 156 cm³/mol. The molecule has 8 nitrogen and oxygen atoms in total. The molecule has 5 rings (SSSR count). The lowest BCUT2D eigenvalue weighted by Gasteiger charge is -2.52. The Bertz CT molecular complexity index is 1370. The lowest BCUT2D eigenvalue weighted by Crippen LogP contribution is -2.67. The fraction of sp³-hybridized carbons (Fsp3) is 0.394. The van der Waals surface area contributed by atoms with Crippen molar-refractivity contribution < 1.29 is 28.5 Å². The minimum Gasteiger partial charge on any atom is -0.497 e. The number of unbranched alkanes of at least 4 members (excludes halogenated alkanes) is 1. The quantitative estimate of drug-likeness (QED) is 0.235. The second-order valence-corrected chi connectivity index (χ2v) is 10.7. The molecule has 2 heterocycles. The van der Waals surface area contributed by atoms with Gasteiger partial charge in [-0.15, -0.1) is 0 Å². The molecule has 0 radical (unpaired) electrons. The average Bonchev–Trinajstić information content (AvgIpc) is 3.00. The lowest BCUT2D eigenvalue weighted by atomic mass is 9.88. The highest BCUT2D eigenvalue weighted by molar-refractivity contribution is 6.05. The van der Waals surface area contributed by atoms with Crippen molar-refractivity contribution in [1.29, 1.82) is 0 Å². The number of carbonyl (C=O) groups is 2. The number of anilines is 1. The first kappa shape index (κ1) is 28.6. The summed E-state index contributed by atoms with van der Waals surface area (Å²) in [5.41, 5.74) is 2.42. The Morgan fingerprint density at radius 2 is 1.66 bits per heavy atom. The molecule has 2 aliphatic rings. The molecule has 3 aromatic rings. The SMILES string of the molecule is CCCCOc1cc(OC)ccc1[C@@H]1[C@H](O[C@@]2(C)O[C@H](c3ccccc3)[C@H](C)N(C)C2=O)C(=O)N1c1ccccc1. The van der Waals surface area contributed by atoms with E-state index >= 15 is 0 Å². The molecule has 2 saturated heterocycles. The second-order valence-electron chi connectivity index (χ2n) is 10.7. The molecule has 0 N–H and O–H groups in total. The molecular weight excluding hydrogens is 520 g/mol. The van der Waals surface area contributed by atoms with Crippen LogP contribution in [-0.4, -0.2) is 55.4 Å². The predicted octanol–water partition coefficient (Wildman–Crippen LogP) is 5.68. The maximum Gasteiger partial charge on any atom is 0.282 e. The number of rotatable bonds is 10. The summed E-state index contributed by atoms with van der Waals surface area (Å²) in [6.45, 7) is 6.18. The Morgan fingerprint density at radius 1 is 0.976 bits per heavy atom. The number of amides is 2. The number of hydrogen-bond donors (Lipinski definition) is 0. The lowest BCUT2D eigenvalue weighted by molar-refractivity contribution is -0.290. The van der Waals surface area contributed by atoms with Crippen LogP contribution in [0.25, 0.3) is 0 Å². The third-order valence-electron chi connectivity index (χ3n) is 7.96. The van der Waals surface area contributed by atoms with Gasteiger partial charge in [0.15, 0.2) is 6.10 Å². The molecule has 2 amide bonds. The van der Waals surface area contributed by atoms with Crippen LogP contribution in [0.1, 0.15) is 56.9 Å².